The van der Waals surface area contributed by atoms with E-state index in [1.165, 1.54) is 0 Å². The summed E-state index contributed by atoms with van der Waals surface area (Å²) in [5.41, 5.74) is 8.70. The van der Waals surface area contributed by atoms with Gasteiger partial charge in [-0.15, -0.1) is 0 Å². The van der Waals surface area contributed by atoms with Crippen molar-refractivity contribution < 1.29 is 4.42 Å². The first-order valence-corrected chi connectivity index (χ1v) is 4.60. The molecule has 2 nitrogen and oxygen atoms in total. The third-order valence-electron chi connectivity index (χ3n) is 2.26. The molecule has 0 bridgehead atoms. The zero-order chi connectivity index (χ0) is 10.1. The Hall–Kier alpha value is -1.70. The summed E-state index contributed by atoms with van der Waals surface area (Å²) in [6, 6.07) is 9.86. The second-order valence-corrected chi connectivity index (χ2v) is 3.45. The molecular formula is C12H13NO. The largest absolute Gasteiger partial charge is 0.466 e. The molecule has 0 unspecified atom stereocenters. The average molecular weight is 187 g/mol. The van der Waals surface area contributed by atoms with Crippen LogP contribution < -0.4 is 5.73 Å². The minimum absolute atomic E-state index is 0.784. The van der Waals surface area contributed by atoms with Crippen LogP contribution in [0.5, 0.6) is 0 Å². The van der Waals surface area contributed by atoms with Crippen LogP contribution in [0.1, 0.15) is 11.5 Å². The van der Waals surface area contributed by atoms with Crippen molar-refractivity contribution in [3.63, 3.8) is 0 Å². The van der Waals surface area contributed by atoms with Crippen molar-refractivity contribution in [2.24, 2.45) is 0 Å². The normalized spacial score (nSPS) is 10.4. The van der Waals surface area contributed by atoms with Gasteiger partial charge in [-0.3, -0.25) is 0 Å². The summed E-state index contributed by atoms with van der Waals surface area (Å²) >= 11 is 0. The Morgan fingerprint density at radius 2 is 1.71 bits per heavy atom. The minimum Gasteiger partial charge on any atom is -0.466 e. The van der Waals surface area contributed by atoms with Crippen molar-refractivity contribution >= 4 is 5.69 Å². The van der Waals surface area contributed by atoms with Gasteiger partial charge in [0.05, 0.1) is 0 Å². The van der Waals surface area contributed by atoms with Gasteiger partial charge in [-0.05, 0) is 37.6 Å². The van der Waals surface area contributed by atoms with E-state index in [4.69, 9.17) is 10.2 Å². The van der Waals surface area contributed by atoms with E-state index >= 15 is 0 Å². The van der Waals surface area contributed by atoms with Gasteiger partial charge in [0.2, 0.25) is 0 Å². The second-order valence-electron chi connectivity index (χ2n) is 3.45. The Balaban J connectivity index is 2.49. The van der Waals surface area contributed by atoms with Gasteiger partial charge in [0.25, 0.3) is 0 Å². The molecule has 0 fully saturated rings. The van der Waals surface area contributed by atoms with Crippen LogP contribution in [0.15, 0.2) is 34.7 Å². The lowest BCUT2D eigenvalue weighted by molar-refractivity contribution is 0.505. The Morgan fingerprint density at radius 3 is 2.21 bits per heavy atom. The van der Waals surface area contributed by atoms with Crippen molar-refractivity contribution in [1.82, 2.24) is 0 Å². The SMILES string of the molecule is Cc1cc(-c2ccc(N)cc2)c(C)o1. The quantitative estimate of drug-likeness (QED) is 0.696. The number of anilines is 1. The van der Waals surface area contributed by atoms with Gasteiger partial charge in [-0.1, -0.05) is 12.1 Å². The Labute approximate surface area is 83.4 Å². The molecule has 0 aliphatic heterocycles. The number of furan rings is 1. The summed E-state index contributed by atoms with van der Waals surface area (Å²) in [4.78, 5) is 0. The molecule has 2 heteroatoms. The number of benzene rings is 1. The van der Waals surface area contributed by atoms with Crippen molar-refractivity contribution in [1.29, 1.82) is 0 Å². The van der Waals surface area contributed by atoms with E-state index < -0.39 is 0 Å². The first kappa shape index (κ1) is 8.88. The van der Waals surface area contributed by atoms with Gasteiger partial charge in [-0.25, -0.2) is 0 Å². The Bertz CT molecular complexity index is 440. The van der Waals surface area contributed by atoms with Crippen molar-refractivity contribution in [2.45, 2.75) is 13.8 Å². The highest BCUT2D eigenvalue weighted by molar-refractivity contribution is 5.67. The molecule has 2 rings (SSSR count). The number of nitrogens with two attached hydrogens (primary N) is 1. The molecule has 0 radical (unpaired) electrons. The van der Waals surface area contributed by atoms with Gasteiger partial charge < -0.3 is 10.2 Å². The molecule has 0 amide bonds. The van der Waals surface area contributed by atoms with Crippen molar-refractivity contribution in [3.8, 4) is 11.1 Å². The molecule has 0 spiro atoms. The lowest BCUT2D eigenvalue weighted by atomic mass is 10.1. The molecule has 1 aromatic heterocycles. The zero-order valence-corrected chi connectivity index (χ0v) is 8.37. The lowest BCUT2D eigenvalue weighted by Crippen LogP contribution is -1.83. The predicted molar refractivity (Wildman–Crippen MR) is 58.0 cm³/mol. The van der Waals surface area contributed by atoms with Crippen molar-refractivity contribution in [3.05, 3.63) is 41.9 Å². The smallest absolute Gasteiger partial charge is 0.108 e. The first-order chi connectivity index (χ1) is 6.66. The second kappa shape index (κ2) is 3.22. The molecule has 72 valence electrons. The molecule has 0 saturated heterocycles. The van der Waals surface area contributed by atoms with Crippen LogP contribution in [0.2, 0.25) is 0 Å². The third kappa shape index (κ3) is 1.51. The fourth-order valence-electron chi connectivity index (χ4n) is 1.58. The van der Waals surface area contributed by atoms with Crippen LogP contribution in [-0.4, -0.2) is 0 Å². The summed E-state index contributed by atoms with van der Waals surface area (Å²) in [7, 11) is 0. The van der Waals surface area contributed by atoms with Crippen LogP contribution in [0, 0.1) is 13.8 Å². The average Bonchev–Trinajstić information content (AvgIpc) is 2.47. The van der Waals surface area contributed by atoms with Gasteiger partial charge in [0, 0.05) is 11.3 Å². The molecule has 1 heterocycles. The number of rotatable bonds is 1. The molecule has 0 atom stereocenters. The molecule has 2 aromatic rings. The van der Waals surface area contributed by atoms with Gasteiger partial charge >= 0.3 is 0 Å². The fraction of sp³-hybridized carbons (Fsp3) is 0.167. The molecular weight excluding hydrogens is 174 g/mol. The van der Waals surface area contributed by atoms with E-state index in [2.05, 4.69) is 0 Å². The van der Waals surface area contributed by atoms with Crippen LogP contribution in [0.4, 0.5) is 5.69 Å². The number of aryl methyl sites for hydroxylation is 2. The number of hydrogen-bond donors (Lipinski definition) is 1. The van der Waals surface area contributed by atoms with Gasteiger partial charge in [-0.2, -0.15) is 0 Å². The molecule has 1 aromatic carbocycles. The fourth-order valence-corrected chi connectivity index (χ4v) is 1.58. The van der Waals surface area contributed by atoms with Crippen LogP contribution in [0.3, 0.4) is 0 Å². The molecule has 2 N–H and O–H groups in total. The first-order valence-electron chi connectivity index (χ1n) is 4.60. The maximum atomic E-state index is 5.62. The van der Waals surface area contributed by atoms with Gasteiger partial charge in [0.15, 0.2) is 0 Å². The topological polar surface area (TPSA) is 39.2 Å². The molecule has 14 heavy (non-hydrogen) atoms. The highest BCUT2D eigenvalue weighted by Crippen LogP contribution is 2.26. The maximum absolute atomic E-state index is 5.62. The lowest BCUT2D eigenvalue weighted by Gasteiger charge is -1.99. The van der Waals surface area contributed by atoms with E-state index in [9.17, 15) is 0 Å². The minimum atomic E-state index is 0.784. The summed E-state index contributed by atoms with van der Waals surface area (Å²) < 4.78 is 5.47. The standard InChI is InChI=1S/C12H13NO/c1-8-7-12(9(2)14-8)10-3-5-11(13)6-4-10/h3-7H,13H2,1-2H3. The highest BCUT2D eigenvalue weighted by Gasteiger charge is 2.06. The Kier molecular flexibility index (Phi) is 2.04. The maximum Gasteiger partial charge on any atom is 0.108 e. The van der Waals surface area contributed by atoms with E-state index in [1.807, 2.05) is 44.2 Å². The monoisotopic (exact) mass is 187 g/mol. The van der Waals surface area contributed by atoms with E-state index in [1.54, 1.807) is 0 Å². The number of nitrogen functional groups attached to an aromatic ring is 1. The van der Waals surface area contributed by atoms with Crippen LogP contribution in [-0.2, 0) is 0 Å². The van der Waals surface area contributed by atoms with Crippen LogP contribution in [0.25, 0.3) is 11.1 Å². The summed E-state index contributed by atoms with van der Waals surface area (Å²) in [6.45, 7) is 3.92. The Morgan fingerprint density at radius 1 is 1.07 bits per heavy atom. The zero-order valence-electron chi connectivity index (χ0n) is 8.37. The molecule has 0 aliphatic carbocycles. The summed E-state index contributed by atoms with van der Waals surface area (Å²) in [5.74, 6) is 1.89. The van der Waals surface area contributed by atoms with E-state index in [0.29, 0.717) is 0 Å². The highest BCUT2D eigenvalue weighted by atomic mass is 16.3. The van der Waals surface area contributed by atoms with E-state index in [-0.39, 0.29) is 0 Å². The van der Waals surface area contributed by atoms with Crippen LogP contribution >= 0.6 is 0 Å². The number of hydrogen-bond acceptors (Lipinski definition) is 2. The molecule has 0 saturated carbocycles. The molecule has 0 aliphatic rings. The summed E-state index contributed by atoms with van der Waals surface area (Å²) in [6.07, 6.45) is 0. The third-order valence-corrected chi connectivity index (χ3v) is 2.26. The van der Waals surface area contributed by atoms with Crippen molar-refractivity contribution in [2.75, 3.05) is 5.73 Å². The summed E-state index contributed by atoms with van der Waals surface area (Å²) in [5, 5.41) is 0. The van der Waals surface area contributed by atoms with Gasteiger partial charge in [0.1, 0.15) is 11.5 Å². The predicted octanol–water partition coefficient (Wildman–Crippen LogP) is 3.15. The van der Waals surface area contributed by atoms with E-state index in [0.717, 1.165) is 28.3 Å².